The van der Waals surface area contributed by atoms with Crippen LogP contribution in [0, 0.1) is 0 Å². The van der Waals surface area contributed by atoms with Gasteiger partial charge in [-0.3, -0.25) is 9.59 Å². The summed E-state index contributed by atoms with van der Waals surface area (Å²) in [5.41, 5.74) is 1.10. The molecule has 0 bridgehead atoms. The van der Waals surface area contributed by atoms with Gasteiger partial charge in [-0.2, -0.15) is 0 Å². The van der Waals surface area contributed by atoms with Crippen molar-refractivity contribution in [2.24, 2.45) is 0 Å². The molecule has 1 atom stereocenters. The predicted octanol–water partition coefficient (Wildman–Crippen LogP) is 3.02. The van der Waals surface area contributed by atoms with E-state index in [-0.39, 0.29) is 30.5 Å². The predicted molar refractivity (Wildman–Crippen MR) is 93.9 cm³/mol. The molecule has 1 fully saturated rings. The van der Waals surface area contributed by atoms with E-state index in [1.807, 2.05) is 0 Å². The highest BCUT2D eigenvalue weighted by Crippen LogP contribution is 2.26. The molecule has 6 nitrogen and oxygen atoms in total. The second-order valence-corrected chi connectivity index (χ2v) is 6.09. The number of carbonyl (C=O) groups is 2. The maximum atomic E-state index is 12.6. The van der Waals surface area contributed by atoms with Crippen LogP contribution in [0.4, 0.5) is 18.9 Å². The van der Waals surface area contributed by atoms with Gasteiger partial charge in [0.25, 0.3) is 5.91 Å². The van der Waals surface area contributed by atoms with Gasteiger partial charge in [0.1, 0.15) is 11.5 Å². The Balaban J connectivity index is 1.61. The van der Waals surface area contributed by atoms with Crippen molar-refractivity contribution in [3.8, 4) is 11.5 Å². The third-order valence-electron chi connectivity index (χ3n) is 4.19. The summed E-state index contributed by atoms with van der Waals surface area (Å²) in [7, 11) is 1.52. The zero-order valence-electron chi connectivity index (χ0n) is 14.8. The summed E-state index contributed by atoms with van der Waals surface area (Å²) >= 11 is 0. The number of halogens is 3. The van der Waals surface area contributed by atoms with Crippen molar-refractivity contribution in [3.63, 3.8) is 0 Å². The Hall–Kier alpha value is -3.07. The van der Waals surface area contributed by atoms with Crippen molar-refractivity contribution >= 4 is 17.5 Å². The van der Waals surface area contributed by atoms with Gasteiger partial charge in [-0.25, -0.2) is 4.90 Å². The number of hydrogen-bond acceptors (Lipinski definition) is 5. The molecule has 0 saturated carbocycles. The summed E-state index contributed by atoms with van der Waals surface area (Å²) < 4.78 is 45.4. The zero-order valence-corrected chi connectivity index (χ0v) is 14.8. The van der Waals surface area contributed by atoms with E-state index >= 15 is 0 Å². The lowest BCUT2D eigenvalue weighted by atomic mass is 10.2. The van der Waals surface area contributed by atoms with Gasteiger partial charge >= 0.3 is 6.36 Å². The number of nitrogens with one attached hydrogen (secondary N) is 1. The SMILES string of the molecule is COc1ccc(N2C(=O)CC(NCc3ccc(OC(F)(F)F)cc3)C2=O)cc1. The van der Waals surface area contributed by atoms with Gasteiger partial charge < -0.3 is 14.8 Å². The van der Waals surface area contributed by atoms with Gasteiger partial charge in [0.15, 0.2) is 0 Å². The highest BCUT2D eigenvalue weighted by Gasteiger charge is 2.39. The lowest BCUT2D eigenvalue weighted by Crippen LogP contribution is -2.38. The average Bonchev–Trinajstić information content (AvgIpc) is 2.93. The Labute approximate surface area is 158 Å². The molecule has 0 spiro atoms. The molecule has 1 unspecified atom stereocenters. The summed E-state index contributed by atoms with van der Waals surface area (Å²) in [6, 6.07) is 11.1. The molecule has 28 heavy (non-hydrogen) atoms. The normalized spacial score (nSPS) is 17.1. The van der Waals surface area contributed by atoms with Crippen LogP contribution in [-0.2, 0) is 16.1 Å². The average molecular weight is 394 g/mol. The monoisotopic (exact) mass is 394 g/mol. The van der Waals surface area contributed by atoms with Gasteiger partial charge in [0.2, 0.25) is 5.91 Å². The highest BCUT2D eigenvalue weighted by atomic mass is 19.4. The molecule has 148 valence electrons. The minimum Gasteiger partial charge on any atom is -0.497 e. The van der Waals surface area contributed by atoms with E-state index in [1.165, 1.54) is 31.4 Å². The molecule has 2 aromatic carbocycles. The van der Waals surface area contributed by atoms with E-state index in [2.05, 4.69) is 10.1 Å². The Morgan fingerprint density at radius 1 is 1.04 bits per heavy atom. The van der Waals surface area contributed by atoms with Crippen molar-refractivity contribution in [1.29, 1.82) is 0 Å². The second-order valence-electron chi connectivity index (χ2n) is 6.09. The van der Waals surface area contributed by atoms with Crippen LogP contribution in [0.15, 0.2) is 48.5 Å². The van der Waals surface area contributed by atoms with Crippen LogP contribution in [0.2, 0.25) is 0 Å². The number of alkyl halides is 3. The number of amides is 2. The molecule has 1 heterocycles. The topological polar surface area (TPSA) is 67.9 Å². The first-order valence-electron chi connectivity index (χ1n) is 8.36. The van der Waals surface area contributed by atoms with E-state index < -0.39 is 12.4 Å². The molecule has 0 aliphatic carbocycles. The largest absolute Gasteiger partial charge is 0.573 e. The lowest BCUT2D eigenvalue weighted by Gasteiger charge is -2.16. The number of ether oxygens (including phenoxy) is 2. The fraction of sp³-hybridized carbons (Fsp3) is 0.263. The maximum Gasteiger partial charge on any atom is 0.573 e. The fourth-order valence-corrected chi connectivity index (χ4v) is 2.84. The van der Waals surface area contributed by atoms with Crippen LogP contribution < -0.4 is 19.7 Å². The molecule has 0 aromatic heterocycles. The molecule has 2 amide bonds. The van der Waals surface area contributed by atoms with E-state index in [9.17, 15) is 22.8 Å². The minimum absolute atomic E-state index is 0.000130. The number of benzene rings is 2. The number of imide groups is 1. The van der Waals surface area contributed by atoms with Crippen LogP contribution in [0.1, 0.15) is 12.0 Å². The molecule has 2 aromatic rings. The molecule has 9 heteroatoms. The molecular formula is C19H17F3N2O4. The Bertz CT molecular complexity index is 851. The molecule has 1 aliphatic rings. The Morgan fingerprint density at radius 3 is 2.21 bits per heavy atom. The maximum absolute atomic E-state index is 12.6. The first kappa shape index (κ1) is 19.7. The second kappa shape index (κ2) is 7.89. The third kappa shape index (κ3) is 4.61. The van der Waals surface area contributed by atoms with Gasteiger partial charge in [-0.05, 0) is 42.0 Å². The molecular weight excluding hydrogens is 377 g/mol. The van der Waals surface area contributed by atoms with E-state index in [4.69, 9.17) is 4.74 Å². The molecule has 3 rings (SSSR count). The van der Waals surface area contributed by atoms with E-state index in [1.54, 1.807) is 24.3 Å². The van der Waals surface area contributed by atoms with Crippen molar-refractivity contribution in [2.75, 3.05) is 12.0 Å². The van der Waals surface area contributed by atoms with Gasteiger partial charge in [-0.1, -0.05) is 12.1 Å². The molecule has 1 saturated heterocycles. The quantitative estimate of drug-likeness (QED) is 0.763. The molecule has 1 aliphatic heterocycles. The fourth-order valence-electron chi connectivity index (χ4n) is 2.84. The summed E-state index contributed by atoms with van der Waals surface area (Å²) in [5.74, 6) is -0.432. The van der Waals surface area contributed by atoms with Crippen LogP contribution in [0.25, 0.3) is 0 Å². The molecule has 1 N–H and O–H groups in total. The summed E-state index contributed by atoms with van der Waals surface area (Å²) in [6.45, 7) is 0.215. The summed E-state index contributed by atoms with van der Waals surface area (Å²) in [5, 5.41) is 2.97. The van der Waals surface area contributed by atoms with Crippen LogP contribution in [0.5, 0.6) is 11.5 Å². The highest BCUT2D eigenvalue weighted by molar-refractivity contribution is 6.22. The van der Waals surface area contributed by atoms with Crippen molar-refractivity contribution in [2.45, 2.75) is 25.4 Å². The number of carbonyl (C=O) groups excluding carboxylic acids is 2. The number of methoxy groups -OCH3 is 1. The standard InChI is InChI=1S/C19H17F3N2O4/c1-27-14-8-4-13(5-9-14)24-17(25)10-16(18(24)26)23-11-12-2-6-15(7-3-12)28-19(20,21)22/h2-9,16,23H,10-11H2,1H3. The number of anilines is 1. The lowest BCUT2D eigenvalue weighted by molar-refractivity contribution is -0.274. The van der Waals surface area contributed by atoms with E-state index in [0.717, 1.165) is 4.90 Å². The first-order valence-corrected chi connectivity index (χ1v) is 8.36. The number of rotatable bonds is 6. The zero-order chi connectivity index (χ0) is 20.3. The molecule has 0 radical (unpaired) electrons. The van der Waals surface area contributed by atoms with Gasteiger partial charge in [-0.15, -0.1) is 13.2 Å². The van der Waals surface area contributed by atoms with Crippen molar-refractivity contribution in [3.05, 3.63) is 54.1 Å². The van der Waals surface area contributed by atoms with Crippen LogP contribution >= 0.6 is 0 Å². The van der Waals surface area contributed by atoms with Crippen LogP contribution in [0.3, 0.4) is 0 Å². The van der Waals surface area contributed by atoms with E-state index in [0.29, 0.717) is 17.0 Å². The smallest absolute Gasteiger partial charge is 0.497 e. The number of nitrogens with zero attached hydrogens (tertiary/aromatic N) is 1. The van der Waals surface area contributed by atoms with Gasteiger partial charge in [0, 0.05) is 6.54 Å². The number of hydrogen-bond donors (Lipinski definition) is 1. The van der Waals surface area contributed by atoms with Crippen LogP contribution in [-0.4, -0.2) is 31.3 Å². The Kier molecular flexibility index (Phi) is 5.55. The summed E-state index contributed by atoms with van der Waals surface area (Å²) in [6.07, 6.45) is -4.75. The van der Waals surface area contributed by atoms with Crippen molar-refractivity contribution in [1.82, 2.24) is 5.32 Å². The third-order valence-corrected chi connectivity index (χ3v) is 4.19. The van der Waals surface area contributed by atoms with Gasteiger partial charge in [0.05, 0.1) is 25.3 Å². The first-order chi connectivity index (χ1) is 13.3. The summed E-state index contributed by atoms with van der Waals surface area (Å²) in [4.78, 5) is 25.9. The Morgan fingerprint density at radius 2 is 1.64 bits per heavy atom. The van der Waals surface area contributed by atoms with Crippen molar-refractivity contribution < 1.29 is 32.2 Å². The minimum atomic E-state index is -4.75.